The van der Waals surface area contributed by atoms with E-state index in [1.165, 1.54) is 13.2 Å². The van der Waals surface area contributed by atoms with Gasteiger partial charge in [-0.15, -0.1) is 0 Å². The molecule has 0 radical (unpaired) electrons. The zero-order chi connectivity index (χ0) is 22.6. The van der Waals surface area contributed by atoms with E-state index in [9.17, 15) is 18.4 Å². The highest BCUT2D eigenvalue weighted by Crippen LogP contribution is 2.52. The summed E-state index contributed by atoms with van der Waals surface area (Å²) >= 11 is 6.35. The van der Waals surface area contributed by atoms with Crippen LogP contribution in [-0.4, -0.2) is 36.7 Å². The van der Waals surface area contributed by atoms with Crippen LogP contribution in [-0.2, 0) is 9.53 Å². The number of ether oxygens (including phenoxy) is 3. The van der Waals surface area contributed by atoms with Gasteiger partial charge in [-0.3, -0.25) is 4.79 Å². The van der Waals surface area contributed by atoms with Crippen LogP contribution in [0.5, 0.6) is 11.5 Å². The number of fused-ring (bicyclic) bond motifs is 1. The Hall–Kier alpha value is -2.09. The lowest BCUT2D eigenvalue weighted by Crippen LogP contribution is -2.52. The van der Waals surface area contributed by atoms with Gasteiger partial charge in [-0.25, -0.2) is 13.6 Å². The van der Waals surface area contributed by atoms with Crippen molar-refractivity contribution in [3.63, 3.8) is 0 Å². The maximum atomic E-state index is 13.0. The van der Waals surface area contributed by atoms with Gasteiger partial charge in [0.15, 0.2) is 11.5 Å². The van der Waals surface area contributed by atoms with Crippen molar-refractivity contribution in [3.05, 3.63) is 22.2 Å². The van der Waals surface area contributed by atoms with E-state index < -0.39 is 23.7 Å². The van der Waals surface area contributed by atoms with Gasteiger partial charge in [0.05, 0.1) is 17.7 Å². The minimum absolute atomic E-state index is 0.00836. The van der Waals surface area contributed by atoms with Gasteiger partial charge in [-0.2, -0.15) is 0 Å². The quantitative estimate of drug-likeness (QED) is 0.666. The molecular formula is C22H26ClF2NO5. The second-order valence-corrected chi connectivity index (χ2v) is 9.33. The van der Waals surface area contributed by atoms with Crippen molar-refractivity contribution in [2.45, 2.75) is 70.1 Å². The van der Waals surface area contributed by atoms with Crippen molar-refractivity contribution in [1.82, 2.24) is 5.32 Å². The first-order chi connectivity index (χ1) is 14.5. The molecule has 1 N–H and O–H groups in total. The molecule has 2 saturated carbocycles. The summed E-state index contributed by atoms with van der Waals surface area (Å²) in [5.41, 5.74) is 0.918. The van der Waals surface area contributed by atoms with Crippen LogP contribution >= 0.6 is 11.6 Å². The van der Waals surface area contributed by atoms with Crippen LogP contribution in [0.15, 0.2) is 6.07 Å². The molecule has 1 unspecified atom stereocenters. The topological polar surface area (TPSA) is 73.9 Å². The molecule has 1 amide bonds. The molecule has 2 aliphatic carbocycles. The van der Waals surface area contributed by atoms with Crippen LogP contribution in [0.2, 0.25) is 5.02 Å². The largest absolute Gasteiger partial charge is 0.465 e. The fraction of sp³-hybridized carbons (Fsp3) is 0.636. The second kappa shape index (κ2) is 7.80. The third kappa shape index (κ3) is 4.06. The maximum absolute atomic E-state index is 13.0. The van der Waals surface area contributed by atoms with E-state index in [-0.39, 0.29) is 35.6 Å². The van der Waals surface area contributed by atoms with Crippen molar-refractivity contribution in [3.8, 4) is 11.5 Å². The number of alkyl halides is 2. The number of methoxy groups -OCH3 is 1. The monoisotopic (exact) mass is 457 g/mol. The molecule has 2 fully saturated rings. The van der Waals surface area contributed by atoms with Gasteiger partial charge in [0.25, 0.3) is 11.7 Å². The molecule has 170 valence electrons. The number of benzene rings is 1. The molecule has 0 saturated heterocycles. The average molecular weight is 458 g/mol. The number of amides is 1. The predicted molar refractivity (Wildman–Crippen MR) is 109 cm³/mol. The molecule has 3 aliphatic rings. The molecule has 0 spiro atoms. The summed E-state index contributed by atoms with van der Waals surface area (Å²) in [7, 11) is 1.30. The minimum atomic E-state index is -2.65. The standard InChI is InChI=1S/C22H26ClF2NO5/c1-11-15(20(28)29-3)8-16(23)18-17(11)30-21(2,31-18)13-6-4-12(5-7-13)19(27)26-14-9-22(24,25)10-14/h8,12-14H,4-7,9-10H2,1-3H3,(H,26,27). The molecule has 0 bridgehead atoms. The summed E-state index contributed by atoms with van der Waals surface area (Å²) in [6.45, 7) is 3.59. The molecule has 1 heterocycles. The smallest absolute Gasteiger partial charge is 0.338 e. The lowest BCUT2D eigenvalue weighted by Gasteiger charge is -2.39. The van der Waals surface area contributed by atoms with E-state index in [0.29, 0.717) is 48.3 Å². The highest BCUT2D eigenvalue weighted by molar-refractivity contribution is 6.32. The molecule has 31 heavy (non-hydrogen) atoms. The van der Waals surface area contributed by atoms with Crippen molar-refractivity contribution >= 4 is 23.5 Å². The average Bonchev–Trinajstić information content (AvgIpc) is 3.08. The molecule has 1 aliphatic heterocycles. The third-order valence-electron chi connectivity index (χ3n) is 6.73. The maximum Gasteiger partial charge on any atom is 0.338 e. The fourth-order valence-electron chi connectivity index (χ4n) is 4.80. The first-order valence-corrected chi connectivity index (χ1v) is 10.9. The summed E-state index contributed by atoms with van der Waals surface area (Å²) in [5, 5.41) is 3.02. The zero-order valence-corrected chi connectivity index (χ0v) is 18.5. The van der Waals surface area contributed by atoms with Gasteiger partial charge in [0.1, 0.15) is 0 Å². The third-order valence-corrected chi connectivity index (χ3v) is 7.01. The van der Waals surface area contributed by atoms with Crippen molar-refractivity contribution in [1.29, 1.82) is 0 Å². The number of hydrogen-bond donors (Lipinski definition) is 1. The van der Waals surface area contributed by atoms with Crippen LogP contribution in [0.4, 0.5) is 8.78 Å². The Bertz CT molecular complexity index is 908. The summed E-state index contributed by atoms with van der Waals surface area (Å²) in [5.74, 6) is -3.63. The van der Waals surface area contributed by atoms with Crippen LogP contribution in [0, 0.1) is 18.8 Å². The number of carbonyl (C=O) groups is 2. The lowest BCUT2D eigenvalue weighted by molar-refractivity contribution is -0.140. The van der Waals surface area contributed by atoms with Gasteiger partial charge in [-0.1, -0.05) is 11.6 Å². The van der Waals surface area contributed by atoms with E-state index in [0.717, 1.165) is 0 Å². The van der Waals surface area contributed by atoms with Crippen molar-refractivity contribution < 1.29 is 32.6 Å². The summed E-state index contributed by atoms with van der Waals surface area (Å²) in [6.07, 6.45) is 2.06. The van der Waals surface area contributed by atoms with E-state index in [2.05, 4.69) is 5.32 Å². The Balaban J connectivity index is 1.39. The second-order valence-electron chi connectivity index (χ2n) is 8.92. The Morgan fingerprint density at radius 1 is 1.16 bits per heavy atom. The molecule has 4 rings (SSSR count). The van der Waals surface area contributed by atoms with Crippen LogP contribution in [0.25, 0.3) is 0 Å². The SMILES string of the molecule is COC(=O)c1cc(Cl)c2c(c1C)OC(C)(C1CCC(C(=O)NC3CC(F)(F)C3)CC1)O2. The molecule has 6 nitrogen and oxygen atoms in total. The first-order valence-electron chi connectivity index (χ1n) is 10.5. The normalized spacial score (nSPS) is 29.2. The Morgan fingerprint density at radius 3 is 2.35 bits per heavy atom. The molecular weight excluding hydrogens is 432 g/mol. The van der Waals surface area contributed by atoms with Crippen LogP contribution < -0.4 is 14.8 Å². The van der Waals surface area contributed by atoms with E-state index >= 15 is 0 Å². The number of nitrogens with one attached hydrogen (secondary N) is 1. The van der Waals surface area contributed by atoms with Gasteiger partial charge >= 0.3 is 5.97 Å². The Kier molecular flexibility index (Phi) is 5.56. The van der Waals surface area contributed by atoms with Crippen molar-refractivity contribution in [2.75, 3.05) is 7.11 Å². The summed E-state index contributed by atoms with van der Waals surface area (Å²) in [6, 6.07) is 1.09. The Labute approximate surface area is 184 Å². The van der Waals surface area contributed by atoms with E-state index in [4.69, 9.17) is 25.8 Å². The highest BCUT2D eigenvalue weighted by atomic mass is 35.5. The number of hydrogen-bond acceptors (Lipinski definition) is 5. The lowest BCUT2D eigenvalue weighted by atomic mass is 9.77. The first kappa shape index (κ1) is 22.1. The van der Waals surface area contributed by atoms with E-state index in [1.54, 1.807) is 6.92 Å². The highest BCUT2D eigenvalue weighted by Gasteiger charge is 2.49. The summed E-state index contributed by atoms with van der Waals surface area (Å²) in [4.78, 5) is 24.5. The van der Waals surface area contributed by atoms with Gasteiger partial charge in [0.2, 0.25) is 5.91 Å². The number of esters is 1. The van der Waals surface area contributed by atoms with Gasteiger partial charge in [0, 0.05) is 43.2 Å². The summed E-state index contributed by atoms with van der Waals surface area (Å²) < 4.78 is 43.1. The number of carbonyl (C=O) groups excluding carboxylic acids is 2. The van der Waals surface area contributed by atoms with Crippen LogP contribution in [0.3, 0.4) is 0 Å². The number of halogens is 3. The number of rotatable bonds is 4. The van der Waals surface area contributed by atoms with Crippen molar-refractivity contribution in [2.24, 2.45) is 11.8 Å². The molecule has 1 aromatic carbocycles. The molecule has 9 heteroatoms. The molecule has 1 atom stereocenters. The van der Waals surface area contributed by atoms with Gasteiger partial charge in [-0.05, 0) is 38.7 Å². The molecule has 0 aromatic heterocycles. The Morgan fingerprint density at radius 2 is 1.77 bits per heavy atom. The predicted octanol–water partition coefficient (Wildman–Crippen LogP) is 4.64. The molecule has 1 aromatic rings. The van der Waals surface area contributed by atoms with E-state index in [1.807, 2.05) is 6.92 Å². The fourth-order valence-corrected chi connectivity index (χ4v) is 5.03. The zero-order valence-electron chi connectivity index (χ0n) is 17.7. The minimum Gasteiger partial charge on any atom is -0.465 e. The van der Waals surface area contributed by atoms with Crippen LogP contribution in [0.1, 0.15) is 61.4 Å². The van der Waals surface area contributed by atoms with Gasteiger partial charge < -0.3 is 19.5 Å².